The Labute approximate surface area is 169 Å². The summed E-state index contributed by atoms with van der Waals surface area (Å²) in [7, 11) is 1.21. The SMILES string of the molecule is COC(=O)[C@@H]1C[C@@]2(C)O[C@]1(C)[C@@H]1C(=O)N(c3ccc(C#N)c(C(F)(F)F)c3)C(=O)[C@@H]12. The number of hydrogen-bond acceptors (Lipinski definition) is 6. The lowest BCUT2D eigenvalue weighted by molar-refractivity contribution is -0.154. The van der Waals surface area contributed by atoms with Crippen LogP contribution < -0.4 is 4.90 Å². The first kappa shape index (κ1) is 20.3. The van der Waals surface area contributed by atoms with E-state index in [-0.39, 0.29) is 12.1 Å². The number of amides is 2. The molecule has 158 valence electrons. The summed E-state index contributed by atoms with van der Waals surface area (Å²) >= 11 is 0. The van der Waals surface area contributed by atoms with Gasteiger partial charge in [-0.1, -0.05) is 0 Å². The molecule has 2 amide bonds. The lowest BCUT2D eigenvalue weighted by atomic mass is 9.64. The van der Waals surface area contributed by atoms with Crippen LogP contribution in [0.4, 0.5) is 18.9 Å². The highest BCUT2D eigenvalue weighted by Crippen LogP contribution is 2.63. The van der Waals surface area contributed by atoms with Gasteiger partial charge >= 0.3 is 12.1 Å². The summed E-state index contributed by atoms with van der Waals surface area (Å²) in [5, 5.41) is 8.97. The molecule has 2 bridgehead atoms. The molecule has 5 atom stereocenters. The van der Waals surface area contributed by atoms with E-state index in [0.717, 1.165) is 12.1 Å². The number of imide groups is 1. The first-order chi connectivity index (χ1) is 13.9. The smallest absolute Gasteiger partial charge is 0.417 e. The summed E-state index contributed by atoms with van der Waals surface area (Å²) in [5.41, 5.74) is -4.55. The number of halogens is 3. The van der Waals surface area contributed by atoms with E-state index in [0.29, 0.717) is 11.0 Å². The van der Waals surface area contributed by atoms with Crippen molar-refractivity contribution in [2.75, 3.05) is 12.0 Å². The number of methoxy groups -OCH3 is 1. The highest BCUT2D eigenvalue weighted by atomic mass is 19.4. The van der Waals surface area contributed by atoms with Gasteiger partial charge in [-0.2, -0.15) is 18.4 Å². The van der Waals surface area contributed by atoms with Crippen LogP contribution in [-0.2, 0) is 30.0 Å². The molecule has 0 spiro atoms. The summed E-state index contributed by atoms with van der Waals surface area (Å²) in [4.78, 5) is 39.3. The van der Waals surface area contributed by atoms with Crippen molar-refractivity contribution >= 4 is 23.5 Å². The fourth-order valence-corrected chi connectivity index (χ4v) is 5.27. The van der Waals surface area contributed by atoms with Crippen molar-refractivity contribution < 1.29 is 37.0 Å². The molecule has 1 aromatic carbocycles. The van der Waals surface area contributed by atoms with Gasteiger partial charge in [-0.15, -0.1) is 0 Å². The van der Waals surface area contributed by atoms with Crippen molar-refractivity contribution in [3.8, 4) is 6.07 Å². The molecular weight excluding hydrogens is 405 g/mol. The molecule has 0 N–H and O–H groups in total. The third kappa shape index (κ3) is 2.45. The molecule has 0 radical (unpaired) electrons. The summed E-state index contributed by atoms with van der Waals surface area (Å²) in [6.07, 6.45) is -4.68. The summed E-state index contributed by atoms with van der Waals surface area (Å²) in [6, 6.07) is 4.15. The van der Waals surface area contributed by atoms with Crippen LogP contribution in [0.3, 0.4) is 0 Å². The zero-order chi connectivity index (χ0) is 22.2. The van der Waals surface area contributed by atoms with Gasteiger partial charge in [0.2, 0.25) is 11.8 Å². The lowest BCUT2D eigenvalue weighted by Crippen LogP contribution is -2.49. The minimum absolute atomic E-state index is 0.158. The van der Waals surface area contributed by atoms with Crippen LogP contribution in [0.1, 0.15) is 31.4 Å². The predicted octanol–water partition coefficient (Wildman–Crippen LogP) is 2.42. The number of esters is 1. The lowest BCUT2D eigenvalue weighted by Gasteiger charge is -2.33. The Bertz CT molecular complexity index is 1030. The number of nitrogens with zero attached hydrogens (tertiary/aromatic N) is 2. The normalized spacial score (nSPS) is 34.8. The minimum atomic E-state index is -4.83. The molecule has 10 heteroatoms. The van der Waals surface area contributed by atoms with Crippen LogP contribution in [-0.4, -0.2) is 36.1 Å². The topological polar surface area (TPSA) is 96.7 Å². The molecule has 0 unspecified atom stereocenters. The molecule has 30 heavy (non-hydrogen) atoms. The average molecular weight is 422 g/mol. The van der Waals surface area contributed by atoms with Gasteiger partial charge in [0.25, 0.3) is 0 Å². The van der Waals surface area contributed by atoms with Crippen molar-refractivity contribution in [2.45, 2.75) is 37.6 Å². The first-order valence-corrected chi connectivity index (χ1v) is 9.16. The molecule has 7 nitrogen and oxygen atoms in total. The van der Waals surface area contributed by atoms with Gasteiger partial charge in [-0.25, -0.2) is 4.90 Å². The second kappa shape index (κ2) is 6.04. The van der Waals surface area contributed by atoms with Gasteiger partial charge in [0, 0.05) is 0 Å². The second-order valence-electron chi connectivity index (χ2n) is 8.19. The Morgan fingerprint density at radius 3 is 2.47 bits per heavy atom. The standard InChI is InChI=1S/C20H17F3N2O5/c1-18-7-12(17(28)29-3)19(2,30-18)14-13(18)15(26)25(16(14)27)10-5-4-9(8-24)11(6-10)20(21,22)23/h4-6,12-14H,7H2,1-3H3/t12-,13+,14-,18+,19-/m0/s1. The maximum absolute atomic E-state index is 13.4. The van der Waals surface area contributed by atoms with Gasteiger partial charge in [-0.05, 0) is 38.5 Å². The van der Waals surface area contributed by atoms with Crippen LogP contribution in [0.5, 0.6) is 0 Å². The van der Waals surface area contributed by atoms with Crippen LogP contribution in [0.15, 0.2) is 18.2 Å². The molecule has 3 heterocycles. The van der Waals surface area contributed by atoms with Crippen LogP contribution in [0.25, 0.3) is 0 Å². The van der Waals surface area contributed by atoms with Crippen LogP contribution in [0.2, 0.25) is 0 Å². The monoisotopic (exact) mass is 422 g/mol. The molecule has 3 saturated heterocycles. The molecule has 1 aromatic rings. The van der Waals surface area contributed by atoms with Gasteiger partial charge in [-0.3, -0.25) is 14.4 Å². The number of alkyl halides is 3. The fourth-order valence-electron chi connectivity index (χ4n) is 5.27. The van der Waals surface area contributed by atoms with Gasteiger partial charge in [0.05, 0.1) is 58.9 Å². The Kier molecular flexibility index (Phi) is 4.10. The second-order valence-corrected chi connectivity index (χ2v) is 8.19. The van der Waals surface area contributed by atoms with Gasteiger partial charge < -0.3 is 9.47 Å². The maximum atomic E-state index is 13.4. The third-order valence-electron chi connectivity index (χ3n) is 6.51. The minimum Gasteiger partial charge on any atom is -0.469 e. The summed E-state index contributed by atoms with van der Waals surface area (Å²) in [6.45, 7) is 3.17. The number of hydrogen-bond donors (Lipinski definition) is 0. The molecule has 3 aliphatic heterocycles. The average Bonchev–Trinajstić information content (AvgIpc) is 3.21. The number of fused-ring (bicyclic) bond motifs is 5. The van der Waals surface area contributed by atoms with Crippen molar-refractivity contribution in [1.82, 2.24) is 0 Å². The maximum Gasteiger partial charge on any atom is 0.417 e. The van der Waals surface area contributed by atoms with Crippen molar-refractivity contribution in [3.05, 3.63) is 29.3 Å². The van der Waals surface area contributed by atoms with E-state index in [1.165, 1.54) is 13.2 Å². The van der Waals surface area contributed by atoms with Crippen molar-refractivity contribution in [1.29, 1.82) is 5.26 Å². The van der Waals surface area contributed by atoms with E-state index in [2.05, 4.69) is 0 Å². The molecule has 0 aromatic heterocycles. The molecule has 4 rings (SSSR count). The van der Waals surface area contributed by atoms with Crippen LogP contribution >= 0.6 is 0 Å². The van der Waals surface area contributed by atoms with Gasteiger partial charge in [0.1, 0.15) is 0 Å². The Morgan fingerprint density at radius 2 is 1.90 bits per heavy atom. The number of carbonyl (C=O) groups excluding carboxylic acids is 3. The highest BCUT2D eigenvalue weighted by molar-refractivity contribution is 6.23. The molecule has 3 fully saturated rings. The van der Waals surface area contributed by atoms with E-state index in [4.69, 9.17) is 14.7 Å². The molecule has 0 saturated carbocycles. The zero-order valence-electron chi connectivity index (χ0n) is 16.2. The van der Waals surface area contributed by atoms with Crippen molar-refractivity contribution in [3.63, 3.8) is 0 Å². The summed E-state index contributed by atoms with van der Waals surface area (Å²) in [5.74, 6) is -4.73. The molecule has 3 aliphatic rings. The van der Waals surface area contributed by atoms with Crippen molar-refractivity contribution in [2.24, 2.45) is 17.8 Å². The number of benzene rings is 1. The van der Waals surface area contributed by atoms with E-state index >= 15 is 0 Å². The number of ether oxygens (including phenoxy) is 2. The molecule has 0 aliphatic carbocycles. The Hall–Kier alpha value is -2.93. The number of nitriles is 1. The van der Waals surface area contributed by atoms with E-state index in [9.17, 15) is 27.6 Å². The molecular formula is C20H17F3N2O5. The van der Waals surface area contributed by atoms with E-state index in [1.807, 2.05) is 0 Å². The first-order valence-electron chi connectivity index (χ1n) is 9.16. The summed E-state index contributed by atoms with van der Waals surface area (Å²) < 4.78 is 50.9. The third-order valence-corrected chi connectivity index (χ3v) is 6.51. The van der Waals surface area contributed by atoms with Gasteiger partial charge in [0.15, 0.2) is 0 Å². The van der Waals surface area contributed by atoms with E-state index in [1.54, 1.807) is 13.8 Å². The largest absolute Gasteiger partial charge is 0.469 e. The number of carbonyl (C=O) groups is 3. The zero-order valence-corrected chi connectivity index (χ0v) is 16.2. The fraction of sp³-hybridized carbons (Fsp3) is 0.500. The quantitative estimate of drug-likeness (QED) is 0.537. The number of rotatable bonds is 2. The number of anilines is 1. The van der Waals surface area contributed by atoms with E-state index < -0.39 is 64.0 Å². The highest BCUT2D eigenvalue weighted by Gasteiger charge is 2.77. The Morgan fingerprint density at radius 1 is 1.27 bits per heavy atom. The predicted molar refractivity (Wildman–Crippen MR) is 93.7 cm³/mol. The van der Waals surface area contributed by atoms with Crippen LogP contribution in [0, 0.1) is 29.1 Å². The Balaban J connectivity index is 1.79.